The quantitative estimate of drug-likeness (QED) is 0.818. The molecule has 0 amide bonds. The van der Waals surface area contributed by atoms with Crippen LogP contribution in [-0.4, -0.2) is 22.4 Å². The first-order valence-electron chi connectivity index (χ1n) is 6.24. The summed E-state index contributed by atoms with van der Waals surface area (Å²) in [5.74, 6) is -0.431. The van der Waals surface area contributed by atoms with Crippen LogP contribution in [0.3, 0.4) is 0 Å². The van der Waals surface area contributed by atoms with E-state index in [-0.39, 0.29) is 5.69 Å². The van der Waals surface area contributed by atoms with Gasteiger partial charge < -0.3 is 10.5 Å². The van der Waals surface area contributed by atoms with Crippen LogP contribution in [0.15, 0.2) is 6.20 Å². The van der Waals surface area contributed by atoms with Crippen molar-refractivity contribution < 1.29 is 9.53 Å². The Balaban J connectivity index is 2.14. The molecule has 0 radical (unpaired) electrons. The van der Waals surface area contributed by atoms with Crippen LogP contribution in [-0.2, 0) is 4.74 Å². The molecule has 0 aliphatic heterocycles. The third kappa shape index (κ3) is 2.60. The van der Waals surface area contributed by atoms with Crippen LogP contribution in [0.5, 0.6) is 0 Å². The molecule has 0 bridgehead atoms. The summed E-state index contributed by atoms with van der Waals surface area (Å²) < 4.78 is 6.75. The summed E-state index contributed by atoms with van der Waals surface area (Å²) in [5.41, 5.74) is 6.45. The molecule has 0 aromatic carbocycles. The third-order valence-electron chi connectivity index (χ3n) is 3.18. The van der Waals surface area contributed by atoms with Gasteiger partial charge in [0.15, 0.2) is 5.69 Å². The summed E-state index contributed by atoms with van der Waals surface area (Å²) in [6.07, 6.45) is 7.71. The first kappa shape index (κ1) is 12.0. The lowest BCUT2D eigenvalue weighted by Crippen LogP contribution is -2.14. The molecule has 1 aliphatic carbocycles. The molecule has 2 N–H and O–H groups in total. The van der Waals surface area contributed by atoms with Crippen LogP contribution in [0.2, 0.25) is 0 Å². The van der Waals surface area contributed by atoms with E-state index in [4.69, 9.17) is 10.5 Å². The van der Waals surface area contributed by atoms with Crippen molar-refractivity contribution in [1.29, 1.82) is 0 Å². The molecule has 1 heterocycles. The Morgan fingerprint density at radius 2 is 2.24 bits per heavy atom. The van der Waals surface area contributed by atoms with Crippen LogP contribution in [0.1, 0.15) is 55.6 Å². The highest BCUT2D eigenvalue weighted by Gasteiger charge is 2.21. The first-order valence-corrected chi connectivity index (χ1v) is 6.24. The number of anilines is 1. The number of nitrogens with two attached hydrogens (primary N) is 1. The van der Waals surface area contributed by atoms with Crippen molar-refractivity contribution in [3.63, 3.8) is 0 Å². The zero-order valence-corrected chi connectivity index (χ0v) is 10.2. The van der Waals surface area contributed by atoms with Crippen molar-refractivity contribution >= 4 is 11.7 Å². The SMILES string of the molecule is CCOC(=O)c1nn(C2CCCCC2)cc1N. The molecule has 1 aromatic heterocycles. The molecule has 1 aromatic rings. The van der Waals surface area contributed by atoms with Crippen LogP contribution >= 0.6 is 0 Å². The van der Waals surface area contributed by atoms with Gasteiger partial charge in [-0.05, 0) is 19.8 Å². The van der Waals surface area contributed by atoms with E-state index in [0.29, 0.717) is 18.3 Å². The van der Waals surface area contributed by atoms with Gasteiger partial charge in [0.25, 0.3) is 0 Å². The van der Waals surface area contributed by atoms with Crippen molar-refractivity contribution in [2.75, 3.05) is 12.3 Å². The van der Waals surface area contributed by atoms with Gasteiger partial charge in [-0.3, -0.25) is 4.68 Å². The predicted molar refractivity (Wildman–Crippen MR) is 64.7 cm³/mol. The Labute approximate surface area is 101 Å². The van der Waals surface area contributed by atoms with Crippen LogP contribution < -0.4 is 5.73 Å². The number of nitrogen functional groups attached to an aromatic ring is 1. The second-order valence-electron chi connectivity index (χ2n) is 4.43. The predicted octanol–water partition coefficient (Wildman–Crippen LogP) is 2.15. The number of rotatable bonds is 3. The Kier molecular flexibility index (Phi) is 3.66. The normalized spacial score (nSPS) is 17.0. The lowest BCUT2D eigenvalue weighted by molar-refractivity contribution is 0.0519. The summed E-state index contributed by atoms with van der Waals surface area (Å²) in [4.78, 5) is 11.6. The van der Waals surface area contributed by atoms with Crippen molar-refractivity contribution in [2.24, 2.45) is 0 Å². The topological polar surface area (TPSA) is 70.1 Å². The molecule has 17 heavy (non-hydrogen) atoms. The molecule has 2 rings (SSSR count). The van der Waals surface area contributed by atoms with Gasteiger partial charge in [-0.2, -0.15) is 5.10 Å². The molecule has 0 atom stereocenters. The number of esters is 1. The van der Waals surface area contributed by atoms with E-state index in [2.05, 4.69) is 5.10 Å². The molecular formula is C12H19N3O2. The van der Waals surface area contributed by atoms with Crippen molar-refractivity contribution in [3.8, 4) is 0 Å². The Morgan fingerprint density at radius 1 is 1.53 bits per heavy atom. The fraction of sp³-hybridized carbons (Fsp3) is 0.667. The van der Waals surface area contributed by atoms with Gasteiger partial charge in [0.2, 0.25) is 0 Å². The number of hydrogen-bond acceptors (Lipinski definition) is 4. The van der Waals surface area contributed by atoms with E-state index >= 15 is 0 Å². The van der Waals surface area contributed by atoms with Gasteiger partial charge in [0.05, 0.1) is 18.3 Å². The fourth-order valence-corrected chi connectivity index (χ4v) is 2.30. The lowest BCUT2D eigenvalue weighted by atomic mass is 9.96. The molecule has 1 saturated carbocycles. The zero-order valence-electron chi connectivity index (χ0n) is 10.2. The molecule has 1 aliphatic rings. The summed E-state index contributed by atoms with van der Waals surface area (Å²) in [6.45, 7) is 2.11. The molecule has 0 saturated heterocycles. The van der Waals surface area contributed by atoms with Gasteiger partial charge in [0, 0.05) is 6.20 Å². The standard InChI is InChI=1S/C12H19N3O2/c1-2-17-12(16)11-10(13)8-15(14-11)9-6-4-3-5-7-9/h8-9H,2-7,13H2,1H3. The van der Waals surface area contributed by atoms with Crippen molar-refractivity contribution in [3.05, 3.63) is 11.9 Å². The maximum atomic E-state index is 11.6. The second-order valence-corrected chi connectivity index (χ2v) is 4.43. The Morgan fingerprint density at radius 3 is 2.88 bits per heavy atom. The minimum absolute atomic E-state index is 0.248. The Hall–Kier alpha value is -1.52. The van der Waals surface area contributed by atoms with Crippen LogP contribution in [0.4, 0.5) is 5.69 Å². The van der Waals surface area contributed by atoms with E-state index in [9.17, 15) is 4.79 Å². The van der Waals surface area contributed by atoms with E-state index < -0.39 is 5.97 Å². The fourth-order valence-electron chi connectivity index (χ4n) is 2.30. The molecule has 1 fully saturated rings. The van der Waals surface area contributed by atoms with Gasteiger partial charge >= 0.3 is 5.97 Å². The van der Waals surface area contributed by atoms with Gasteiger partial charge in [-0.15, -0.1) is 0 Å². The maximum Gasteiger partial charge on any atom is 0.361 e. The van der Waals surface area contributed by atoms with E-state index in [0.717, 1.165) is 12.8 Å². The molecule has 5 heteroatoms. The molecule has 0 spiro atoms. The number of carbonyl (C=O) groups is 1. The monoisotopic (exact) mass is 237 g/mol. The number of hydrogen-bond donors (Lipinski definition) is 1. The summed E-state index contributed by atoms with van der Waals surface area (Å²) in [7, 11) is 0. The zero-order chi connectivity index (χ0) is 12.3. The molecular weight excluding hydrogens is 218 g/mol. The average Bonchev–Trinajstić information content (AvgIpc) is 2.73. The lowest BCUT2D eigenvalue weighted by Gasteiger charge is -2.21. The largest absolute Gasteiger partial charge is 0.461 e. The first-order chi connectivity index (χ1) is 8.22. The highest BCUT2D eigenvalue weighted by Crippen LogP contribution is 2.28. The van der Waals surface area contributed by atoms with Crippen LogP contribution in [0.25, 0.3) is 0 Å². The van der Waals surface area contributed by atoms with E-state index in [1.54, 1.807) is 13.1 Å². The highest BCUT2D eigenvalue weighted by atomic mass is 16.5. The van der Waals surface area contributed by atoms with Crippen molar-refractivity contribution in [1.82, 2.24) is 9.78 Å². The number of carbonyl (C=O) groups excluding carboxylic acids is 1. The van der Waals surface area contributed by atoms with Gasteiger partial charge in [0.1, 0.15) is 0 Å². The molecule has 94 valence electrons. The number of nitrogens with zero attached hydrogens (tertiary/aromatic N) is 2. The molecule has 0 unspecified atom stereocenters. The smallest absolute Gasteiger partial charge is 0.361 e. The number of aromatic nitrogens is 2. The van der Waals surface area contributed by atoms with Crippen LogP contribution in [0, 0.1) is 0 Å². The van der Waals surface area contributed by atoms with Gasteiger partial charge in [-0.25, -0.2) is 4.79 Å². The highest BCUT2D eigenvalue weighted by molar-refractivity contribution is 5.92. The van der Waals surface area contributed by atoms with E-state index in [1.807, 2.05) is 4.68 Å². The maximum absolute atomic E-state index is 11.6. The average molecular weight is 237 g/mol. The third-order valence-corrected chi connectivity index (χ3v) is 3.18. The second kappa shape index (κ2) is 5.21. The van der Waals surface area contributed by atoms with E-state index in [1.165, 1.54) is 19.3 Å². The number of ether oxygens (including phenoxy) is 1. The van der Waals surface area contributed by atoms with Crippen molar-refractivity contribution in [2.45, 2.75) is 45.1 Å². The minimum Gasteiger partial charge on any atom is -0.461 e. The summed E-state index contributed by atoms with van der Waals surface area (Å²) in [5, 5.41) is 4.27. The molecule has 5 nitrogen and oxygen atoms in total. The summed E-state index contributed by atoms with van der Waals surface area (Å²) >= 11 is 0. The van der Waals surface area contributed by atoms with Gasteiger partial charge in [-0.1, -0.05) is 19.3 Å². The summed E-state index contributed by atoms with van der Waals surface area (Å²) in [6, 6.07) is 0.384. The Bertz CT molecular complexity index is 394. The minimum atomic E-state index is -0.431.